The third-order valence-corrected chi connectivity index (χ3v) is 5.38. The van der Waals surface area contributed by atoms with Crippen LogP contribution in [0.5, 0.6) is 0 Å². The van der Waals surface area contributed by atoms with Gasteiger partial charge in [-0.05, 0) is 16.4 Å². The first-order valence-corrected chi connectivity index (χ1v) is 9.61. The molecule has 4 aromatic carbocycles. The van der Waals surface area contributed by atoms with Crippen molar-refractivity contribution in [2.45, 2.75) is 26.2 Å². The van der Waals surface area contributed by atoms with Crippen molar-refractivity contribution < 1.29 is 20.1 Å². The topological polar surface area (TPSA) is 25.8 Å². The Labute approximate surface area is 184 Å². The van der Waals surface area contributed by atoms with Gasteiger partial charge in [-0.3, -0.25) is 4.98 Å². The maximum atomic E-state index is 5.03. The first kappa shape index (κ1) is 19.7. The van der Waals surface area contributed by atoms with E-state index in [1.54, 1.807) is 0 Å². The van der Waals surface area contributed by atoms with Crippen LogP contribution < -0.4 is 0 Å². The van der Waals surface area contributed by atoms with Crippen molar-refractivity contribution >= 4 is 32.6 Å². The minimum absolute atomic E-state index is 0. The smallest absolute Gasteiger partial charge is 0.0873 e. The molecule has 0 unspecified atom stereocenters. The minimum atomic E-state index is 0. The van der Waals surface area contributed by atoms with Gasteiger partial charge in [0.2, 0.25) is 0 Å². The van der Waals surface area contributed by atoms with Crippen molar-refractivity contribution in [3.8, 4) is 11.3 Å². The Kier molecular flexibility index (Phi) is 4.98. The van der Waals surface area contributed by atoms with Gasteiger partial charge in [-0.2, -0.15) is 0 Å². The molecule has 2 nitrogen and oxygen atoms in total. The normalized spacial score (nSPS) is 11.7. The predicted octanol–water partition coefficient (Wildman–Crippen LogP) is 6.70. The van der Waals surface area contributed by atoms with Crippen molar-refractivity contribution in [1.82, 2.24) is 9.97 Å². The first-order valence-electron chi connectivity index (χ1n) is 9.61. The molecule has 0 amide bonds. The van der Waals surface area contributed by atoms with E-state index in [-0.39, 0.29) is 25.5 Å². The van der Waals surface area contributed by atoms with Crippen LogP contribution in [-0.2, 0) is 25.5 Å². The summed E-state index contributed by atoms with van der Waals surface area (Å²) in [7, 11) is 0. The van der Waals surface area contributed by atoms with E-state index in [1.165, 1.54) is 16.3 Å². The first-order chi connectivity index (χ1) is 13.5. The summed E-state index contributed by atoms with van der Waals surface area (Å²) < 4.78 is 0. The van der Waals surface area contributed by atoms with Crippen molar-refractivity contribution in [2.75, 3.05) is 0 Å². The number of nitrogens with zero attached hydrogens (tertiary/aromatic N) is 2. The number of hydrogen-bond acceptors (Lipinski definition) is 2. The monoisotopic (exact) mass is 554 g/mol. The molecular formula is C26H21IrN2-. The summed E-state index contributed by atoms with van der Waals surface area (Å²) in [6, 6.07) is 26.5. The molecule has 5 aromatic rings. The number of rotatable bonds is 1. The fourth-order valence-corrected chi connectivity index (χ4v) is 3.82. The summed E-state index contributed by atoms with van der Waals surface area (Å²) in [5, 5.41) is 4.52. The van der Waals surface area contributed by atoms with Gasteiger partial charge in [0.1, 0.15) is 0 Å². The maximum Gasteiger partial charge on any atom is 0.0873 e. The van der Waals surface area contributed by atoms with Gasteiger partial charge in [0, 0.05) is 37.4 Å². The average Bonchev–Trinajstić information content (AvgIpc) is 2.73. The molecule has 5 rings (SSSR count). The molecule has 0 bridgehead atoms. The van der Waals surface area contributed by atoms with Crippen LogP contribution in [0.25, 0.3) is 43.8 Å². The fourth-order valence-electron chi connectivity index (χ4n) is 3.82. The number of fused-ring (bicyclic) bond motifs is 6. The molecule has 0 aliphatic carbocycles. The van der Waals surface area contributed by atoms with E-state index in [2.05, 4.69) is 81.4 Å². The van der Waals surface area contributed by atoms with Gasteiger partial charge in [0.15, 0.2) is 0 Å². The zero-order valence-corrected chi connectivity index (χ0v) is 19.1. The van der Waals surface area contributed by atoms with Gasteiger partial charge in [-0.25, -0.2) is 0 Å². The molecule has 0 saturated carbocycles. The van der Waals surface area contributed by atoms with E-state index >= 15 is 0 Å². The predicted molar refractivity (Wildman–Crippen MR) is 118 cm³/mol. The fraction of sp³-hybridized carbons (Fsp3) is 0.154. The van der Waals surface area contributed by atoms with E-state index in [0.29, 0.717) is 0 Å². The average molecular weight is 554 g/mol. The molecule has 145 valence electrons. The second-order valence-corrected chi connectivity index (χ2v) is 8.28. The zero-order valence-electron chi connectivity index (χ0n) is 16.7. The zero-order chi connectivity index (χ0) is 19.3. The van der Waals surface area contributed by atoms with Crippen LogP contribution in [-0.4, -0.2) is 9.97 Å². The van der Waals surface area contributed by atoms with Crippen LogP contribution in [0, 0.1) is 6.07 Å². The van der Waals surface area contributed by atoms with Crippen molar-refractivity contribution in [3.05, 3.63) is 84.6 Å². The molecule has 0 fully saturated rings. The van der Waals surface area contributed by atoms with Crippen molar-refractivity contribution in [3.63, 3.8) is 0 Å². The Balaban J connectivity index is 0.00000205. The Bertz CT molecular complexity index is 1300. The van der Waals surface area contributed by atoms with E-state index < -0.39 is 0 Å². The van der Waals surface area contributed by atoms with Gasteiger partial charge >= 0.3 is 0 Å². The molecule has 0 spiro atoms. The second kappa shape index (κ2) is 7.33. The molecule has 3 heteroatoms. The Morgan fingerprint density at radius 1 is 0.759 bits per heavy atom. The van der Waals surface area contributed by atoms with E-state index in [9.17, 15) is 0 Å². The minimum Gasteiger partial charge on any atom is -0.300 e. The molecule has 0 aliphatic heterocycles. The van der Waals surface area contributed by atoms with Crippen LogP contribution >= 0.6 is 0 Å². The van der Waals surface area contributed by atoms with Crippen LogP contribution in [0.15, 0.2) is 72.9 Å². The number of hydrogen-bond donors (Lipinski definition) is 0. The summed E-state index contributed by atoms with van der Waals surface area (Å²) in [6.45, 7) is 6.68. The summed E-state index contributed by atoms with van der Waals surface area (Å²) in [5.74, 6) is 0. The maximum absolute atomic E-state index is 5.03. The Morgan fingerprint density at radius 3 is 2.17 bits per heavy atom. The van der Waals surface area contributed by atoms with Crippen LogP contribution in [0.4, 0.5) is 0 Å². The second-order valence-electron chi connectivity index (χ2n) is 8.28. The van der Waals surface area contributed by atoms with Crippen LogP contribution in [0.2, 0.25) is 0 Å². The Morgan fingerprint density at radius 2 is 1.45 bits per heavy atom. The summed E-state index contributed by atoms with van der Waals surface area (Å²) in [5.41, 5.74) is 5.28. The van der Waals surface area contributed by atoms with Gasteiger partial charge in [0.25, 0.3) is 0 Å². The molecule has 0 saturated heterocycles. The summed E-state index contributed by atoms with van der Waals surface area (Å²) in [6.07, 6.45) is 1.88. The number of aromatic nitrogens is 2. The van der Waals surface area contributed by atoms with Crippen LogP contribution in [0.1, 0.15) is 26.3 Å². The molecule has 29 heavy (non-hydrogen) atoms. The summed E-state index contributed by atoms with van der Waals surface area (Å²) in [4.78, 5) is 9.85. The molecule has 1 aromatic heterocycles. The molecule has 0 aliphatic rings. The molecule has 0 atom stereocenters. The standard InChI is InChI=1S/C26H21N2.Ir/c1-26(2,3)18-14-12-17(13-15-18)23-16-27-24-21-10-6-4-8-19(21)20-9-5-7-11-22(20)25(24)28-23;/h4-9,11-16H,1-3H3;/q-1;. The quantitative estimate of drug-likeness (QED) is 0.171. The van der Waals surface area contributed by atoms with Crippen molar-refractivity contribution in [1.29, 1.82) is 0 Å². The van der Waals surface area contributed by atoms with Crippen LogP contribution in [0.3, 0.4) is 0 Å². The number of benzene rings is 4. The van der Waals surface area contributed by atoms with Gasteiger partial charge in [-0.1, -0.05) is 80.1 Å². The van der Waals surface area contributed by atoms with Gasteiger partial charge in [0.05, 0.1) is 11.2 Å². The molecule has 1 radical (unpaired) electrons. The molecule has 0 N–H and O–H groups in total. The van der Waals surface area contributed by atoms with E-state index in [1.807, 2.05) is 18.3 Å². The molecule has 1 heterocycles. The third kappa shape index (κ3) is 3.35. The van der Waals surface area contributed by atoms with E-state index in [4.69, 9.17) is 9.97 Å². The van der Waals surface area contributed by atoms with E-state index in [0.717, 1.165) is 33.1 Å². The Hall–Kier alpha value is -2.61. The van der Waals surface area contributed by atoms with Crippen molar-refractivity contribution in [2.24, 2.45) is 0 Å². The SMILES string of the molecule is CC(C)(C)c1ccc(-c2cnc3c4[c-]cccc4c4ccccc4c3n2)cc1.[Ir]. The van der Waals surface area contributed by atoms with Gasteiger partial charge < -0.3 is 4.98 Å². The third-order valence-electron chi connectivity index (χ3n) is 5.38. The largest absolute Gasteiger partial charge is 0.300 e. The van der Waals surface area contributed by atoms with Gasteiger partial charge in [-0.15, -0.1) is 29.7 Å². The molecular weight excluding hydrogens is 533 g/mol. The summed E-state index contributed by atoms with van der Waals surface area (Å²) >= 11 is 0.